The van der Waals surface area contributed by atoms with Gasteiger partial charge in [0, 0.05) is 5.56 Å². The van der Waals surface area contributed by atoms with Crippen LogP contribution in [0.3, 0.4) is 0 Å². The van der Waals surface area contributed by atoms with Gasteiger partial charge in [0.1, 0.15) is 17.3 Å². The van der Waals surface area contributed by atoms with Crippen molar-refractivity contribution in [3.63, 3.8) is 0 Å². The first-order valence-corrected chi connectivity index (χ1v) is 8.30. The number of nitrogens with two attached hydrogens (primary N) is 1. The maximum atomic E-state index is 12.2. The van der Waals surface area contributed by atoms with Crippen molar-refractivity contribution in [3.8, 4) is 17.1 Å². The van der Waals surface area contributed by atoms with Crippen LogP contribution in [0.5, 0.6) is 5.75 Å². The van der Waals surface area contributed by atoms with Gasteiger partial charge in [-0.1, -0.05) is 35.5 Å². The monoisotopic (exact) mass is 404 g/mol. The van der Waals surface area contributed by atoms with Crippen molar-refractivity contribution in [2.45, 2.75) is 13.3 Å². The van der Waals surface area contributed by atoms with Gasteiger partial charge in [0.05, 0.1) is 11.1 Å². The zero-order valence-electron chi connectivity index (χ0n) is 15.1. The second kappa shape index (κ2) is 8.09. The topological polar surface area (TPSA) is 87.1 Å². The zero-order valence-corrected chi connectivity index (χ0v) is 15.1. The molecule has 3 aromatic rings. The lowest BCUT2D eigenvalue weighted by Crippen LogP contribution is -2.17. The van der Waals surface area contributed by atoms with Crippen molar-refractivity contribution in [2.24, 2.45) is 10.9 Å². The Kier molecular flexibility index (Phi) is 5.58. The van der Waals surface area contributed by atoms with E-state index < -0.39 is 18.1 Å². The Morgan fingerprint density at radius 1 is 1.07 bits per heavy atom. The first-order valence-electron chi connectivity index (χ1n) is 8.30. The molecule has 0 saturated carbocycles. The molecule has 29 heavy (non-hydrogen) atoms. The lowest BCUT2D eigenvalue weighted by atomic mass is 10.1. The van der Waals surface area contributed by atoms with E-state index in [4.69, 9.17) is 15.0 Å². The SMILES string of the molecule is Cc1cc(/C(N)=N/OC(=O)c2ccc(OC(F)(F)F)cc2)c(-c2ccccc2)o1. The average molecular weight is 404 g/mol. The molecule has 0 aliphatic carbocycles. The van der Waals surface area contributed by atoms with Gasteiger partial charge in [-0.3, -0.25) is 0 Å². The molecule has 0 aliphatic heterocycles. The summed E-state index contributed by atoms with van der Waals surface area (Å²) in [6, 6.07) is 15.0. The van der Waals surface area contributed by atoms with Crippen LogP contribution in [0.1, 0.15) is 21.7 Å². The molecule has 0 bridgehead atoms. The minimum absolute atomic E-state index is 0.0252. The van der Waals surface area contributed by atoms with Crippen LogP contribution < -0.4 is 10.5 Å². The van der Waals surface area contributed by atoms with Gasteiger partial charge in [0.2, 0.25) is 0 Å². The summed E-state index contributed by atoms with van der Waals surface area (Å²) in [5.74, 6) is -0.393. The van der Waals surface area contributed by atoms with Gasteiger partial charge in [-0.15, -0.1) is 13.2 Å². The number of oxime groups is 1. The van der Waals surface area contributed by atoms with Crippen molar-refractivity contribution in [1.29, 1.82) is 0 Å². The molecule has 0 radical (unpaired) electrons. The summed E-state index contributed by atoms with van der Waals surface area (Å²) >= 11 is 0. The third kappa shape index (κ3) is 5.16. The summed E-state index contributed by atoms with van der Waals surface area (Å²) in [5.41, 5.74) is 7.11. The number of carbonyl (C=O) groups excluding carboxylic acids is 1. The minimum Gasteiger partial charge on any atom is -0.461 e. The minimum atomic E-state index is -4.82. The highest BCUT2D eigenvalue weighted by Crippen LogP contribution is 2.27. The Bertz CT molecular complexity index is 1030. The molecule has 0 amide bonds. The molecule has 9 heteroatoms. The number of benzene rings is 2. The zero-order chi connectivity index (χ0) is 21.0. The highest BCUT2D eigenvalue weighted by Gasteiger charge is 2.31. The molecule has 2 aromatic carbocycles. The number of halogens is 3. The van der Waals surface area contributed by atoms with Gasteiger partial charge in [-0.2, -0.15) is 0 Å². The standard InChI is InChI=1S/C20H15F3N2O4/c1-12-11-16(17(27-12)13-5-3-2-4-6-13)18(24)25-29-19(26)14-7-9-15(10-8-14)28-20(21,22)23/h2-11H,1H3,(H2,24,25). The number of hydrogen-bond acceptors (Lipinski definition) is 5. The Hall–Kier alpha value is -3.75. The summed E-state index contributed by atoms with van der Waals surface area (Å²) in [6.07, 6.45) is -4.82. The molecule has 1 heterocycles. The number of ether oxygens (including phenoxy) is 1. The molecule has 0 fully saturated rings. The molecular weight excluding hydrogens is 389 g/mol. The van der Waals surface area contributed by atoms with E-state index in [1.165, 1.54) is 0 Å². The quantitative estimate of drug-likeness (QED) is 0.290. The summed E-state index contributed by atoms with van der Waals surface area (Å²) in [6.45, 7) is 1.74. The van der Waals surface area contributed by atoms with Crippen molar-refractivity contribution < 1.29 is 32.0 Å². The summed E-state index contributed by atoms with van der Waals surface area (Å²) < 4.78 is 45.9. The third-order valence-electron chi connectivity index (χ3n) is 3.72. The predicted molar refractivity (Wildman–Crippen MR) is 98.1 cm³/mol. The van der Waals surface area contributed by atoms with E-state index in [1.807, 2.05) is 30.3 Å². The van der Waals surface area contributed by atoms with Crippen LogP contribution in [0.25, 0.3) is 11.3 Å². The molecule has 150 valence electrons. The Balaban J connectivity index is 1.74. The number of furan rings is 1. The van der Waals surface area contributed by atoms with Crippen LogP contribution in [0.15, 0.2) is 70.2 Å². The normalized spacial score (nSPS) is 11.9. The first-order chi connectivity index (χ1) is 13.7. The van der Waals surface area contributed by atoms with Crippen LogP contribution in [-0.4, -0.2) is 18.2 Å². The molecule has 0 atom stereocenters. The second-order valence-corrected chi connectivity index (χ2v) is 5.89. The largest absolute Gasteiger partial charge is 0.573 e. The van der Waals surface area contributed by atoms with Gasteiger partial charge in [0.25, 0.3) is 0 Å². The summed E-state index contributed by atoms with van der Waals surface area (Å²) in [4.78, 5) is 16.9. The number of hydrogen-bond donors (Lipinski definition) is 1. The summed E-state index contributed by atoms with van der Waals surface area (Å²) in [5, 5.41) is 3.63. The Labute approximate surface area is 163 Å². The van der Waals surface area contributed by atoms with Gasteiger partial charge in [-0.25, -0.2) is 4.79 Å². The number of nitrogens with zero attached hydrogens (tertiary/aromatic N) is 1. The van der Waals surface area contributed by atoms with E-state index in [1.54, 1.807) is 13.0 Å². The fourth-order valence-corrected chi connectivity index (χ4v) is 2.49. The first kappa shape index (κ1) is 20.0. The number of aryl methyl sites for hydroxylation is 1. The molecule has 1 aromatic heterocycles. The average Bonchev–Trinajstić information content (AvgIpc) is 3.08. The molecular formula is C20H15F3N2O4. The van der Waals surface area contributed by atoms with Crippen LogP contribution in [0.2, 0.25) is 0 Å². The molecule has 3 rings (SSSR count). The number of amidine groups is 1. The molecule has 0 aliphatic rings. The third-order valence-corrected chi connectivity index (χ3v) is 3.72. The van der Waals surface area contributed by atoms with E-state index in [-0.39, 0.29) is 11.4 Å². The van der Waals surface area contributed by atoms with Crippen LogP contribution in [0, 0.1) is 6.92 Å². The molecule has 0 saturated heterocycles. The van der Waals surface area contributed by atoms with Gasteiger partial charge in [0.15, 0.2) is 5.84 Å². The molecule has 6 nitrogen and oxygen atoms in total. The maximum Gasteiger partial charge on any atom is 0.573 e. The van der Waals surface area contributed by atoms with Gasteiger partial charge >= 0.3 is 12.3 Å². The van der Waals surface area contributed by atoms with Crippen molar-refractivity contribution in [3.05, 3.63) is 77.6 Å². The van der Waals surface area contributed by atoms with Crippen LogP contribution in [-0.2, 0) is 4.84 Å². The molecule has 0 spiro atoms. The second-order valence-electron chi connectivity index (χ2n) is 5.89. The van der Waals surface area contributed by atoms with Crippen molar-refractivity contribution >= 4 is 11.8 Å². The number of rotatable bonds is 5. The van der Waals surface area contributed by atoms with Crippen molar-refractivity contribution in [2.75, 3.05) is 0 Å². The highest BCUT2D eigenvalue weighted by atomic mass is 19.4. The van der Waals surface area contributed by atoms with E-state index in [0.717, 1.165) is 29.8 Å². The smallest absolute Gasteiger partial charge is 0.461 e. The Morgan fingerprint density at radius 3 is 2.34 bits per heavy atom. The van der Waals surface area contributed by atoms with Crippen LogP contribution >= 0.6 is 0 Å². The van der Waals surface area contributed by atoms with Gasteiger partial charge in [-0.05, 0) is 37.3 Å². The van der Waals surface area contributed by atoms with Crippen LogP contribution in [0.4, 0.5) is 13.2 Å². The van der Waals surface area contributed by atoms with E-state index >= 15 is 0 Å². The maximum absolute atomic E-state index is 12.2. The van der Waals surface area contributed by atoms with E-state index in [9.17, 15) is 18.0 Å². The molecule has 2 N–H and O–H groups in total. The number of carbonyl (C=O) groups is 1. The predicted octanol–water partition coefficient (Wildman–Crippen LogP) is 4.63. The Morgan fingerprint density at radius 2 is 1.72 bits per heavy atom. The van der Waals surface area contributed by atoms with Crippen molar-refractivity contribution in [1.82, 2.24) is 0 Å². The van der Waals surface area contributed by atoms with Gasteiger partial charge < -0.3 is 19.7 Å². The fourth-order valence-electron chi connectivity index (χ4n) is 2.49. The lowest BCUT2D eigenvalue weighted by molar-refractivity contribution is -0.274. The van der Waals surface area contributed by atoms with E-state index in [0.29, 0.717) is 17.1 Å². The molecule has 0 unspecified atom stereocenters. The number of alkyl halides is 3. The van der Waals surface area contributed by atoms with E-state index in [2.05, 4.69) is 9.89 Å². The lowest BCUT2D eigenvalue weighted by Gasteiger charge is -2.08. The summed E-state index contributed by atoms with van der Waals surface area (Å²) in [7, 11) is 0. The highest BCUT2D eigenvalue weighted by molar-refractivity contribution is 6.02. The fraction of sp³-hybridized carbons (Fsp3) is 0.100.